The van der Waals surface area contributed by atoms with Crippen molar-refractivity contribution in [2.45, 2.75) is 38.3 Å². The average molecular weight is 235 g/mol. The normalized spacial score (nSPS) is 23.6. The summed E-state index contributed by atoms with van der Waals surface area (Å²) >= 11 is 0. The van der Waals surface area contributed by atoms with E-state index < -0.39 is 0 Å². The van der Waals surface area contributed by atoms with E-state index in [0.717, 1.165) is 24.3 Å². The molecule has 0 aromatic heterocycles. The van der Waals surface area contributed by atoms with Crippen LogP contribution in [0.5, 0.6) is 11.5 Å². The summed E-state index contributed by atoms with van der Waals surface area (Å²) in [4.78, 5) is 0. The van der Waals surface area contributed by atoms with Gasteiger partial charge < -0.3 is 14.8 Å². The van der Waals surface area contributed by atoms with Gasteiger partial charge in [0, 0.05) is 6.04 Å². The number of ether oxygens (including phenoxy) is 2. The van der Waals surface area contributed by atoms with Gasteiger partial charge in [-0.1, -0.05) is 12.1 Å². The highest BCUT2D eigenvalue weighted by atomic mass is 16.5. The molecule has 17 heavy (non-hydrogen) atoms. The van der Waals surface area contributed by atoms with Gasteiger partial charge in [0.25, 0.3) is 0 Å². The molecule has 0 spiro atoms. The van der Waals surface area contributed by atoms with E-state index in [1.54, 1.807) is 0 Å². The molecule has 2 atom stereocenters. The van der Waals surface area contributed by atoms with Gasteiger partial charge in [0.15, 0.2) is 11.5 Å². The maximum atomic E-state index is 6.03. The molecule has 1 aliphatic carbocycles. The molecule has 1 N–H and O–H groups in total. The lowest BCUT2D eigenvalue weighted by molar-refractivity contribution is 0.194. The third-order valence-corrected chi connectivity index (χ3v) is 3.24. The molecule has 0 aliphatic heterocycles. The third-order valence-electron chi connectivity index (χ3n) is 3.24. The van der Waals surface area contributed by atoms with Crippen LogP contribution in [0.4, 0.5) is 0 Å². The molecule has 0 bridgehead atoms. The lowest BCUT2D eigenvalue weighted by atomic mass is 10.2. The standard InChI is InChI=1S/C14H21NO2/c1-3-16-13-6-4-5-7-14(13)17-12-9-8-11(10-12)15-2/h4-7,11-12,15H,3,8-10H2,1-2H3. The second-order valence-electron chi connectivity index (χ2n) is 4.42. The molecule has 0 amide bonds. The highest BCUT2D eigenvalue weighted by molar-refractivity contribution is 5.39. The van der Waals surface area contributed by atoms with Gasteiger partial charge in [0.1, 0.15) is 6.10 Å². The van der Waals surface area contributed by atoms with Crippen molar-refractivity contribution in [3.05, 3.63) is 24.3 Å². The molecule has 0 saturated heterocycles. The number of hydrogen-bond donors (Lipinski definition) is 1. The van der Waals surface area contributed by atoms with Gasteiger partial charge in [-0.15, -0.1) is 0 Å². The maximum absolute atomic E-state index is 6.03. The van der Waals surface area contributed by atoms with E-state index >= 15 is 0 Å². The Bertz CT molecular complexity index is 354. The topological polar surface area (TPSA) is 30.5 Å². The SMILES string of the molecule is CCOc1ccccc1OC1CCC(NC)C1. The van der Waals surface area contributed by atoms with E-state index in [4.69, 9.17) is 9.47 Å². The summed E-state index contributed by atoms with van der Waals surface area (Å²) in [5.74, 6) is 1.72. The van der Waals surface area contributed by atoms with E-state index in [0.29, 0.717) is 18.8 Å². The van der Waals surface area contributed by atoms with Crippen LogP contribution in [0.3, 0.4) is 0 Å². The average Bonchev–Trinajstić information content (AvgIpc) is 2.80. The summed E-state index contributed by atoms with van der Waals surface area (Å²) in [6, 6.07) is 8.51. The quantitative estimate of drug-likeness (QED) is 0.851. The Morgan fingerprint density at radius 3 is 2.65 bits per heavy atom. The van der Waals surface area contributed by atoms with E-state index in [2.05, 4.69) is 5.32 Å². The Hall–Kier alpha value is -1.22. The molecule has 2 rings (SSSR count). The fraction of sp³-hybridized carbons (Fsp3) is 0.571. The van der Waals surface area contributed by atoms with E-state index in [9.17, 15) is 0 Å². The Kier molecular flexibility index (Phi) is 4.26. The summed E-state index contributed by atoms with van der Waals surface area (Å²) < 4.78 is 11.6. The smallest absolute Gasteiger partial charge is 0.161 e. The third kappa shape index (κ3) is 3.13. The molecule has 3 heteroatoms. The summed E-state index contributed by atoms with van der Waals surface area (Å²) in [5.41, 5.74) is 0. The monoisotopic (exact) mass is 235 g/mol. The Morgan fingerprint density at radius 2 is 2.00 bits per heavy atom. The molecular formula is C14H21NO2. The fourth-order valence-electron chi connectivity index (χ4n) is 2.31. The first-order valence-electron chi connectivity index (χ1n) is 6.39. The van der Waals surface area contributed by atoms with E-state index in [1.165, 1.54) is 6.42 Å². The van der Waals surface area contributed by atoms with Crippen molar-refractivity contribution in [2.75, 3.05) is 13.7 Å². The van der Waals surface area contributed by atoms with Crippen molar-refractivity contribution in [1.82, 2.24) is 5.32 Å². The zero-order chi connectivity index (χ0) is 12.1. The predicted octanol–water partition coefficient (Wildman–Crippen LogP) is 2.60. The van der Waals surface area contributed by atoms with E-state index in [1.807, 2.05) is 38.2 Å². The molecule has 0 radical (unpaired) electrons. The van der Waals surface area contributed by atoms with Gasteiger partial charge in [-0.05, 0) is 45.4 Å². The van der Waals surface area contributed by atoms with Gasteiger partial charge in [-0.2, -0.15) is 0 Å². The highest BCUT2D eigenvalue weighted by Gasteiger charge is 2.25. The minimum atomic E-state index is 0.314. The first-order valence-corrected chi connectivity index (χ1v) is 6.39. The van der Waals surface area contributed by atoms with Crippen LogP contribution < -0.4 is 14.8 Å². The van der Waals surface area contributed by atoms with Gasteiger partial charge in [-0.25, -0.2) is 0 Å². The molecule has 3 nitrogen and oxygen atoms in total. The summed E-state index contributed by atoms with van der Waals surface area (Å²) in [5, 5.41) is 3.31. The molecule has 1 aliphatic rings. The van der Waals surface area contributed by atoms with Gasteiger partial charge in [0.05, 0.1) is 6.61 Å². The van der Waals surface area contributed by atoms with Crippen LogP contribution >= 0.6 is 0 Å². The minimum Gasteiger partial charge on any atom is -0.490 e. The van der Waals surface area contributed by atoms with Crippen molar-refractivity contribution >= 4 is 0 Å². The van der Waals surface area contributed by atoms with Gasteiger partial charge >= 0.3 is 0 Å². The molecule has 0 heterocycles. The van der Waals surface area contributed by atoms with Crippen LogP contribution in [0.25, 0.3) is 0 Å². The maximum Gasteiger partial charge on any atom is 0.161 e. The Morgan fingerprint density at radius 1 is 1.24 bits per heavy atom. The number of benzene rings is 1. The molecule has 1 aromatic rings. The molecule has 1 fully saturated rings. The zero-order valence-electron chi connectivity index (χ0n) is 10.6. The number of nitrogens with one attached hydrogen (secondary N) is 1. The summed E-state index contributed by atoms with van der Waals surface area (Å²) in [6.45, 7) is 2.66. The minimum absolute atomic E-state index is 0.314. The lowest BCUT2D eigenvalue weighted by Crippen LogP contribution is -2.23. The molecular weight excluding hydrogens is 214 g/mol. The van der Waals surface area contributed by atoms with Crippen molar-refractivity contribution in [3.8, 4) is 11.5 Å². The second-order valence-corrected chi connectivity index (χ2v) is 4.42. The van der Waals surface area contributed by atoms with Crippen LogP contribution in [0, 0.1) is 0 Å². The van der Waals surface area contributed by atoms with E-state index in [-0.39, 0.29) is 0 Å². The fourth-order valence-corrected chi connectivity index (χ4v) is 2.31. The summed E-state index contributed by atoms with van der Waals surface area (Å²) in [6.07, 6.45) is 3.70. The molecule has 94 valence electrons. The first kappa shape index (κ1) is 12.2. The Balaban J connectivity index is 1.98. The first-order chi connectivity index (χ1) is 8.33. The number of para-hydroxylation sites is 2. The summed E-state index contributed by atoms with van der Waals surface area (Å²) in [7, 11) is 2.02. The molecule has 1 aromatic carbocycles. The van der Waals surface area contributed by atoms with Crippen LogP contribution in [0.15, 0.2) is 24.3 Å². The van der Waals surface area contributed by atoms with Crippen LogP contribution in [-0.4, -0.2) is 25.8 Å². The predicted molar refractivity (Wildman–Crippen MR) is 68.7 cm³/mol. The number of rotatable bonds is 5. The largest absolute Gasteiger partial charge is 0.490 e. The van der Waals surface area contributed by atoms with Gasteiger partial charge in [-0.3, -0.25) is 0 Å². The molecule has 1 saturated carbocycles. The second kappa shape index (κ2) is 5.92. The highest BCUT2D eigenvalue weighted by Crippen LogP contribution is 2.31. The zero-order valence-corrected chi connectivity index (χ0v) is 10.6. The van der Waals surface area contributed by atoms with Crippen molar-refractivity contribution in [2.24, 2.45) is 0 Å². The Labute approximate surface area is 103 Å². The van der Waals surface area contributed by atoms with Crippen molar-refractivity contribution < 1.29 is 9.47 Å². The van der Waals surface area contributed by atoms with Crippen LogP contribution in [0.2, 0.25) is 0 Å². The lowest BCUT2D eigenvalue weighted by Gasteiger charge is -2.16. The van der Waals surface area contributed by atoms with Crippen LogP contribution in [-0.2, 0) is 0 Å². The van der Waals surface area contributed by atoms with Crippen molar-refractivity contribution in [3.63, 3.8) is 0 Å². The van der Waals surface area contributed by atoms with Gasteiger partial charge in [0.2, 0.25) is 0 Å². The van der Waals surface area contributed by atoms with Crippen LogP contribution in [0.1, 0.15) is 26.2 Å². The van der Waals surface area contributed by atoms with Crippen molar-refractivity contribution in [1.29, 1.82) is 0 Å². The number of hydrogen-bond acceptors (Lipinski definition) is 3. The molecule has 2 unspecified atom stereocenters.